The lowest BCUT2D eigenvalue weighted by Crippen LogP contribution is -2.50. The number of para-hydroxylation sites is 2. The molecule has 29 heavy (non-hydrogen) atoms. The zero-order valence-corrected chi connectivity index (χ0v) is 17.7. The summed E-state index contributed by atoms with van der Waals surface area (Å²) in [5.41, 5.74) is 3.96. The van der Waals surface area contributed by atoms with Crippen LogP contribution in [-0.4, -0.2) is 57.1 Å². The van der Waals surface area contributed by atoms with E-state index in [2.05, 4.69) is 34.1 Å². The van der Waals surface area contributed by atoms with Crippen molar-refractivity contribution in [3.05, 3.63) is 65.9 Å². The van der Waals surface area contributed by atoms with Crippen molar-refractivity contribution < 1.29 is 4.79 Å². The first-order valence-corrected chi connectivity index (χ1v) is 10.9. The van der Waals surface area contributed by atoms with E-state index in [1.165, 1.54) is 17.3 Å². The molecule has 0 aliphatic carbocycles. The number of hydrogen-bond donors (Lipinski definition) is 0. The third kappa shape index (κ3) is 4.77. The van der Waals surface area contributed by atoms with E-state index < -0.39 is 0 Å². The number of hydrogen-bond acceptors (Lipinski definition) is 5. The summed E-state index contributed by atoms with van der Waals surface area (Å²) >= 11 is 1.51. The molecular formula is C23H26N4OS. The number of fused-ring (bicyclic) bond motifs is 1. The molecule has 4 rings (SSSR count). The number of aromatic nitrogens is 2. The maximum absolute atomic E-state index is 13.0. The standard InChI is InChI=1S/C23H26N4OS/c1-17-22(25-21-11-7-6-10-20(21)24-17)29-18(2)23(28)27-14-12-26(13-15-27)16-19-8-4-3-5-9-19/h3-11,18H,12-16H2,1-2H3/t18-/m0/s1. The van der Waals surface area contributed by atoms with Gasteiger partial charge in [-0.2, -0.15) is 0 Å². The summed E-state index contributed by atoms with van der Waals surface area (Å²) in [7, 11) is 0. The molecule has 1 aliphatic heterocycles. The van der Waals surface area contributed by atoms with Crippen molar-refractivity contribution >= 4 is 28.7 Å². The topological polar surface area (TPSA) is 49.3 Å². The average molecular weight is 407 g/mol. The third-order valence-corrected chi connectivity index (χ3v) is 6.44. The number of aryl methyl sites for hydroxylation is 1. The van der Waals surface area contributed by atoms with Crippen LogP contribution in [0.25, 0.3) is 11.0 Å². The smallest absolute Gasteiger partial charge is 0.235 e. The minimum atomic E-state index is -0.176. The average Bonchev–Trinajstić information content (AvgIpc) is 2.75. The molecule has 1 aliphatic rings. The highest BCUT2D eigenvalue weighted by Crippen LogP contribution is 2.27. The first-order valence-electron chi connectivity index (χ1n) is 10.1. The number of benzene rings is 2. The van der Waals surface area contributed by atoms with Gasteiger partial charge in [0, 0.05) is 32.7 Å². The van der Waals surface area contributed by atoms with Crippen LogP contribution in [-0.2, 0) is 11.3 Å². The fraction of sp³-hybridized carbons (Fsp3) is 0.348. The Morgan fingerprint density at radius 1 is 0.966 bits per heavy atom. The van der Waals surface area contributed by atoms with Gasteiger partial charge in [0.2, 0.25) is 5.91 Å². The number of carbonyl (C=O) groups is 1. The van der Waals surface area contributed by atoms with Gasteiger partial charge in [0.15, 0.2) is 0 Å². The molecule has 0 bridgehead atoms. The maximum atomic E-state index is 13.0. The van der Waals surface area contributed by atoms with Gasteiger partial charge < -0.3 is 4.90 Å². The first-order chi connectivity index (χ1) is 14.1. The molecular weight excluding hydrogens is 380 g/mol. The second-order valence-corrected chi connectivity index (χ2v) is 8.78. The summed E-state index contributed by atoms with van der Waals surface area (Å²) in [4.78, 5) is 26.7. The van der Waals surface area contributed by atoms with Crippen LogP contribution < -0.4 is 0 Å². The molecule has 0 radical (unpaired) electrons. The highest BCUT2D eigenvalue weighted by atomic mass is 32.2. The van der Waals surface area contributed by atoms with E-state index in [-0.39, 0.29) is 11.2 Å². The van der Waals surface area contributed by atoms with Crippen molar-refractivity contribution in [2.24, 2.45) is 0 Å². The van der Waals surface area contributed by atoms with E-state index in [0.717, 1.165) is 54.5 Å². The van der Waals surface area contributed by atoms with Crippen molar-refractivity contribution in [2.75, 3.05) is 26.2 Å². The minimum absolute atomic E-state index is 0.176. The predicted octanol–water partition coefficient (Wildman–Crippen LogP) is 3.76. The van der Waals surface area contributed by atoms with Crippen molar-refractivity contribution in [1.82, 2.24) is 19.8 Å². The van der Waals surface area contributed by atoms with E-state index >= 15 is 0 Å². The van der Waals surface area contributed by atoms with Crippen LogP contribution in [0.15, 0.2) is 59.6 Å². The molecule has 1 amide bonds. The number of nitrogens with zero attached hydrogens (tertiary/aromatic N) is 4. The fourth-order valence-corrected chi connectivity index (χ4v) is 4.58. The Morgan fingerprint density at radius 3 is 2.28 bits per heavy atom. The zero-order chi connectivity index (χ0) is 20.2. The molecule has 1 fully saturated rings. The second kappa shape index (κ2) is 8.93. The number of rotatable bonds is 5. The maximum Gasteiger partial charge on any atom is 0.235 e. The quantitative estimate of drug-likeness (QED) is 0.604. The molecule has 2 heterocycles. The molecule has 0 saturated carbocycles. The summed E-state index contributed by atoms with van der Waals surface area (Å²) in [5.74, 6) is 0.184. The van der Waals surface area contributed by atoms with Crippen LogP contribution in [0.4, 0.5) is 0 Å². The third-order valence-electron chi connectivity index (χ3n) is 5.27. The van der Waals surface area contributed by atoms with Crippen molar-refractivity contribution in [3.8, 4) is 0 Å². The number of carbonyl (C=O) groups excluding carboxylic acids is 1. The molecule has 0 N–H and O–H groups in total. The molecule has 1 aromatic heterocycles. The molecule has 1 saturated heterocycles. The molecule has 1 atom stereocenters. The Hall–Kier alpha value is -2.44. The molecule has 3 aromatic rings. The SMILES string of the molecule is Cc1nc2ccccc2nc1S[C@@H](C)C(=O)N1CCN(Cc2ccccc2)CC1. The van der Waals surface area contributed by atoms with Crippen LogP contribution in [0.3, 0.4) is 0 Å². The van der Waals surface area contributed by atoms with Gasteiger partial charge in [-0.05, 0) is 31.5 Å². The normalized spacial score (nSPS) is 16.1. The first kappa shape index (κ1) is 19.9. The zero-order valence-electron chi connectivity index (χ0n) is 16.9. The summed E-state index contributed by atoms with van der Waals surface area (Å²) in [6.45, 7) is 8.25. The summed E-state index contributed by atoms with van der Waals surface area (Å²) in [6, 6.07) is 18.4. The fourth-order valence-electron chi connectivity index (χ4n) is 3.63. The van der Waals surface area contributed by atoms with Gasteiger partial charge in [-0.3, -0.25) is 9.69 Å². The lowest BCUT2D eigenvalue weighted by Gasteiger charge is -2.35. The van der Waals surface area contributed by atoms with Crippen LogP contribution in [0.2, 0.25) is 0 Å². The Labute approximate surface area is 176 Å². The molecule has 6 heteroatoms. The molecule has 150 valence electrons. The van der Waals surface area contributed by atoms with Gasteiger partial charge in [-0.1, -0.05) is 54.2 Å². The summed E-state index contributed by atoms with van der Waals surface area (Å²) in [5, 5.41) is 0.664. The highest BCUT2D eigenvalue weighted by molar-refractivity contribution is 8.00. The van der Waals surface area contributed by atoms with E-state index in [1.807, 2.05) is 49.1 Å². The predicted molar refractivity (Wildman–Crippen MR) is 118 cm³/mol. The van der Waals surface area contributed by atoms with E-state index in [0.29, 0.717) is 0 Å². The van der Waals surface area contributed by atoms with E-state index in [9.17, 15) is 4.79 Å². The second-order valence-electron chi connectivity index (χ2n) is 7.45. The van der Waals surface area contributed by atoms with Crippen molar-refractivity contribution in [2.45, 2.75) is 30.7 Å². The lowest BCUT2D eigenvalue weighted by molar-refractivity contribution is -0.132. The van der Waals surface area contributed by atoms with E-state index in [1.54, 1.807) is 0 Å². The minimum Gasteiger partial charge on any atom is -0.339 e. The molecule has 2 aromatic carbocycles. The van der Waals surface area contributed by atoms with Crippen molar-refractivity contribution in [1.29, 1.82) is 0 Å². The number of thioether (sulfide) groups is 1. The Bertz CT molecular complexity index is 987. The highest BCUT2D eigenvalue weighted by Gasteiger charge is 2.26. The van der Waals surface area contributed by atoms with Gasteiger partial charge in [-0.15, -0.1) is 0 Å². The van der Waals surface area contributed by atoms with Gasteiger partial charge in [-0.25, -0.2) is 9.97 Å². The van der Waals surface area contributed by atoms with Gasteiger partial charge in [0.05, 0.1) is 22.0 Å². The van der Waals surface area contributed by atoms with Crippen LogP contribution >= 0.6 is 11.8 Å². The van der Waals surface area contributed by atoms with Gasteiger partial charge in [0.25, 0.3) is 0 Å². The van der Waals surface area contributed by atoms with E-state index in [4.69, 9.17) is 4.98 Å². The van der Waals surface area contributed by atoms with Crippen LogP contribution in [0, 0.1) is 6.92 Å². The summed E-state index contributed by atoms with van der Waals surface area (Å²) in [6.07, 6.45) is 0. The lowest BCUT2D eigenvalue weighted by atomic mass is 10.2. The molecule has 5 nitrogen and oxygen atoms in total. The molecule has 0 spiro atoms. The van der Waals surface area contributed by atoms with Crippen LogP contribution in [0.1, 0.15) is 18.2 Å². The molecule has 0 unspecified atom stereocenters. The van der Waals surface area contributed by atoms with Gasteiger partial charge in [0.1, 0.15) is 5.03 Å². The largest absolute Gasteiger partial charge is 0.339 e. The Kier molecular flexibility index (Phi) is 6.11. The number of amides is 1. The van der Waals surface area contributed by atoms with Crippen molar-refractivity contribution in [3.63, 3.8) is 0 Å². The monoisotopic (exact) mass is 406 g/mol. The van der Waals surface area contributed by atoms with Gasteiger partial charge >= 0.3 is 0 Å². The Balaban J connectivity index is 1.35. The summed E-state index contributed by atoms with van der Waals surface area (Å²) < 4.78 is 0. The Morgan fingerprint density at radius 2 is 1.59 bits per heavy atom. The number of piperazine rings is 1. The van der Waals surface area contributed by atoms with Crippen LogP contribution in [0.5, 0.6) is 0 Å².